The third-order valence-electron chi connectivity index (χ3n) is 3.55. The van der Waals surface area contributed by atoms with Gasteiger partial charge in [-0.15, -0.1) is 12.4 Å². The van der Waals surface area contributed by atoms with E-state index in [2.05, 4.69) is 10.0 Å². The first-order valence-electron chi connectivity index (χ1n) is 8.21. The SMILES string of the molecule is CCN(CC)C(=O)CCC(=O)Nc1cccc(S(=O)(=O)NCCN)c1.Cl. The number of nitrogens with two attached hydrogens (primary N) is 1. The lowest BCUT2D eigenvalue weighted by atomic mass is 10.2. The lowest BCUT2D eigenvalue weighted by Gasteiger charge is -2.18. The molecule has 8 nitrogen and oxygen atoms in total. The first-order valence-corrected chi connectivity index (χ1v) is 9.69. The van der Waals surface area contributed by atoms with Crippen molar-refractivity contribution in [2.24, 2.45) is 5.73 Å². The third-order valence-corrected chi connectivity index (χ3v) is 5.01. The van der Waals surface area contributed by atoms with Crippen molar-refractivity contribution < 1.29 is 18.0 Å². The predicted molar refractivity (Wildman–Crippen MR) is 104 cm³/mol. The van der Waals surface area contributed by atoms with Gasteiger partial charge < -0.3 is 16.0 Å². The zero-order chi connectivity index (χ0) is 18.9. The first-order chi connectivity index (χ1) is 11.8. The lowest BCUT2D eigenvalue weighted by Crippen LogP contribution is -2.31. The second-order valence-electron chi connectivity index (χ2n) is 5.33. The topological polar surface area (TPSA) is 122 Å². The number of sulfonamides is 1. The van der Waals surface area contributed by atoms with Crippen molar-refractivity contribution in [1.29, 1.82) is 0 Å². The van der Waals surface area contributed by atoms with E-state index < -0.39 is 10.0 Å². The molecule has 0 aliphatic heterocycles. The molecule has 1 rings (SSSR count). The number of rotatable bonds is 10. The molecule has 1 aromatic rings. The maximum atomic E-state index is 12.1. The van der Waals surface area contributed by atoms with Crippen LogP contribution in [0.15, 0.2) is 29.2 Å². The number of benzene rings is 1. The van der Waals surface area contributed by atoms with Gasteiger partial charge in [0, 0.05) is 44.7 Å². The number of amides is 2. The highest BCUT2D eigenvalue weighted by atomic mass is 35.5. The van der Waals surface area contributed by atoms with E-state index in [1.165, 1.54) is 18.2 Å². The summed E-state index contributed by atoms with van der Waals surface area (Å²) in [4.78, 5) is 25.6. The van der Waals surface area contributed by atoms with Crippen LogP contribution in [0.1, 0.15) is 26.7 Å². The highest BCUT2D eigenvalue weighted by Gasteiger charge is 2.15. The molecule has 4 N–H and O–H groups in total. The van der Waals surface area contributed by atoms with Crippen LogP contribution < -0.4 is 15.8 Å². The minimum absolute atomic E-state index is 0. The molecule has 0 unspecified atom stereocenters. The molecule has 0 bridgehead atoms. The molecule has 26 heavy (non-hydrogen) atoms. The summed E-state index contributed by atoms with van der Waals surface area (Å²) < 4.78 is 26.5. The Kier molecular flexibility index (Phi) is 11.1. The van der Waals surface area contributed by atoms with Gasteiger partial charge in [-0.3, -0.25) is 9.59 Å². The van der Waals surface area contributed by atoms with E-state index in [4.69, 9.17) is 5.73 Å². The van der Waals surface area contributed by atoms with Crippen LogP contribution in [0.3, 0.4) is 0 Å². The average Bonchev–Trinajstić information content (AvgIpc) is 2.59. The monoisotopic (exact) mass is 406 g/mol. The molecule has 0 spiro atoms. The van der Waals surface area contributed by atoms with Gasteiger partial charge in [-0.2, -0.15) is 0 Å². The minimum atomic E-state index is -3.67. The Morgan fingerprint density at radius 1 is 1.15 bits per heavy atom. The summed E-state index contributed by atoms with van der Waals surface area (Å²) in [6.45, 7) is 5.29. The van der Waals surface area contributed by atoms with Gasteiger partial charge in [0.05, 0.1) is 4.90 Å². The van der Waals surface area contributed by atoms with Gasteiger partial charge in [0.15, 0.2) is 0 Å². The highest BCUT2D eigenvalue weighted by Crippen LogP contribution is 2.15. The second kappa shape index (κ2) is 11.8. The van der Waals surface area contributed by atoms with Crippen LogP contribution >= 0.6 is 12.4 Å². The average molecular weight is 407 g/mol. The number of carbonyl (C=O) groups excluding carboxylic acids is 2. The van der Waals surface area contributed by atoms with E-state index in [0.717, 1.165) is 0 Å². The zero-order valence-electron chi connectivity index (χ0n) is 15.0. The Morgan fingerprint density at radius 3 is 2.38 bits per heavy atom. The van der Waals surface area contributed by atoms with Gasteiger partial charge in [-0.1, -0.05) is 6.07 Å². The minimum Gasteiger partial charge on any atom is -0.343 e. The van der Waals surface area contributed by atoms with E-state index in [-0.39, 0.29) is 55.0 Å². The molecule has 0 radical (unpaired) electrons. The van der Waals surface area contributed by atoms with Crippen molar-refractivity contribution in [2.75, 3.05) is 31.5 Å². The molecule has 0 aliphatic rings. The van der Waals surface area contributed by atoms with Crippen LogP contribution in [0.5, 0.6) is 0 Å². The molecule has 0 saturated heterocycles. The number of halogens is 1. The van der Waals surface area contributed by atoms with E-state index in [1.54, 1.807) is 11.0 Å². The van der Waals surface area contributed by atoms with Crippen LogP contribution in [0.2, 0.25) is 0 Å². The summed E-state index contributed by atoms with van der Waals surface area (Å²) in [7, 11) is -3.67. The lowest BCUT2D eigenvalue weighted by molar-refractivity contribution is -0.132. The number of anilines is 1. The van der Waals surface area contributed by atoms with E-state index in [1.807, 2.05) is 13.8 Å². The fourth-order valence-corrected chi connectivity index (χ4v) is 3.29. The standard InChI is InChI=1S/C16H26N4O4S.ClH/c1-3-20(4-2)16(22)9-8-15(21)19-13-6-5-7-14(12-13)25(23,24)18-11-10-17;/h5-7,12,18H,3-4,8-11,17H2,1-2H3,(H,19,21);1H. The number of nitrogens with zero attached hydrogens (tertiary/aromatic N) is 1. The molecule has 0 saturated carbocycles. The summed E-state index contributed by atoms with van der Waals surface area (Å²) >= 11 is 0. The largest absolute Gasteiger partial charge is 0.343 e. The number of carbonyl (C=O) groups is 2. The molecule has 1 aromatic carbocycles. The van der Waals surface area contributed by atoms with Gasteiger partial charge >= 0.3 is 0 Å². The van der Waals surface area contributed by atoms with Crippen molar-refractivity contribution in [3.8, 4) is 0 Å². The van der Waals surface area contributed by atoms with Gasteiger partial charge in [0.2, 0.25) is 21.8 Å². The smallest absolute Gasteiger partial charge is 0.240 e. The summed E-state index contributed by atoms with van der Waals surface area (Å²) in [5.41, 5.74) is 5.65. The Hall–Kier alpha value is -1.68. The van der Waals surface area contributed by atoms with Crippen molar-refractivity contribution in [3.05, 3.63) is 24.3 Å². The zero-order valence-corrected chi connectivity index (χ0v) is 16.7. The molecule has 2 amide bonds. The van der Waals surface area contributed by atoms with Crippen molar-refractivity contribution in [3.63, 3.8) is 0 Å². The first kappa shape index (κ1) is 24.3. The molecule has 148 valence electrons. The molecule has 0 atom stereocenters. The quantitative estimate of drug-likeness (QED) is 0.533. The number of hydrogen-bond acceptors (Lipinski definition) is 5. The molecule has 10 heteroatoms. The normalized spacial score (nSPS) is 10.7. The van der Waals surface area contributed by atoms with Gasteiger partial charge in [0.25, 0.3) is 0 Å². The third kappa shape index (κ3) is 7.69. The molecule has 0 aliphatic carbocycles. The van der Waals surface area contributed by atoms with Gasteiger partial charge in [-0.25, -0.2) is 13.1 Å². The van der Waals surface area contributed by atoms with Crippen LogP contribution in [0, 0.1) is 0 Å². The number of hydrogen-bond donors (Lipinski definition) is 3. The maximum Gasteiger partial charge on any atom is 0.240 e. The van der Waals surface area contributed by atoms with Crippen LogP contribution in [0.25, 0.3) is 0 Å². The van der Waals surface area contributed by atoms with Crippen LogP contribution in [-0.4, -0.2) is 51.3 Å². The molecular weight excluding hydrogens is 380 g/mol. The Bertz CT molecular complexity index is 693. The molecule has 0 aromatic heterocycles. The van der Waals surface area contributed by atoms with E-state index in [9.17, 15) is 18.0 Å². The van der Waals surface area contributed by atoms with Gasteiger partial charge in [-0.05, 0) is 32.0 Å². The van der Waals surface area contributed by atoms with Crippen molar-refractivity contribution in [2.45, 2.75) is 31.6 Å². The van der Waals surface area contributed by atoms with Crippen LogP contribution in [0.4, 0.5) is 5.69 Å². The Morgan fingerprint density at radius 2 is 1.81 bits per heavy atom. The maximum absolute atomic E-state index is 12.1. The molecular formula is C16H27ClN4O4S. The molecule has 0 heterocycles. The molecule has 0 fully saturated rings. The highest BCUT2D eigenvalue weighted by molar-refractivity contribution is 7.89. The number of nitrogens with one attached hydrogen (secondary N) is 2. The van der Waals surface area contributed by atoms with Gasteiger partial charge in [0.1, 0.15) is 0 Å². The second-order valence-corrected chi connectivity index (χ2v) is 7.10. The van der Waals surface area contributed by atoms with Crippen LogP contribution in [-0.2, 0) is 19.6 Å². The summed E-state index contributed by atoms with van der Waals surface area (Å²) in [6.07, 6.45) is 0.154. The fourth-order valence-electron chi connectivity index (χ4n) is 2.20. The Labute approximate surface area is 161 Å². The summed E-state index contributed by atoms with van der Waals surface area (Å²) in [6, 6.07) is 5.92. The van der Waals surface area contributed by atoms with Crippen molar-refractivity contribution in [1.82, 2.24) is 9.62 Å². The summed E-state index contributed by atoms with van der Waals surface area (Å²) in [5.74, 6) is -0.424. The fraction of sp³-hybridized carbons (Fsp3) is 0.500. The van der Waals surface area contributed by atoms with E-state index >= 15 is 0 Å². The van der Waals surface area contributed by atoms with E-state index in [0.29, 0.717) is 18.8 Å². The Balaban J connectivity index is 0.00000625. The van der Waals surface area contributed by atoms with Crippen molar-refractivity contribution >= 4 is 39.9 Å². The summed E-state index contributed by atoms with van der Waals surface area (Å²) in [5, 5.41) is 2.61. The predicted octanol–water partition coefficient (Wildman–Crippen LogP) is 0.933.